The molecular formula is C20H22N6O3. The Bertz CT molecular complexity index is 1080. The number of fused-ring (bicyclic) bond motifs is 2. The van der Waals surface area contributed by atoms with E-state index in [0.717, 1.165) is 5.69 Å². The number of amides is 2. The number of carbonyl (C=O) groups excluding carboxylic acids is 2. The van der Waals surface area contributed by atoms with Gasteiger partial charge in [-0.25, -0.2) is 0 Å². The van der Waals surface area contributed by atoms with Crippen molar-refractivity contribution < 1.29 is 14.3 Å². The average molecular weight is 394 g/mol. The zero-order valence-corrected chi connectivity index (χ0v) is 16.5. The Balaban J connectivity index is 1.49. The van der Waals surface area contributed by atoms with E-state index >= 15 is 0 Å². The Hall–Kier alpha value is -3.62. The lowest BCUT2D eigenvalue weighted by Crippen LogP contribution is -2.42. The normalized spacial score (nSPS) is 15.6. The van der Waals surface area contributed by atoms with Crippen molar-refractivity contribution in [3.05, 3.63) is 48.4 Å². The number of nitrogens with zero attached hydrogens (tertiary/aromatic N) is 5. The minimum Gasteiger partial charge on any atom is -0.489 e. The van der Waals surface area contributed by atoms with Gasteiger partial charge in [0.15, 0.2) is 5.65 Å². The number of likely N-dealkylation sites (N-methyl/N-ethyl adjacent to an activating group) is 1. The molecule has 9 nitrogen and oxygen atoms in total. The number of ether oxygens (including phenoxy) is 1. The van der Waals surface area contributed by atoms with Crippen LogP contribution in [0.25, 0.3) is 5.65 Å². The second-order valence-electron chi connectivity index (χ2n) is 7.19. The van der Waals surface area contributed by atoms with Crippen LogP contribution in [0.2, 0.25) is 0 Å². The summed E-state index contributed by atoms with van der Waals surface area (Å²) in [4.78, 5) is 28.4. The first-order valence-electron chi connectivity index (χ1n) is 9.23. The van der Waals surface area contributed by atoms with Crippen LogP contribution in [0.5, 0.6) is 5.75 Å². The van der Waals surface area contributed by atoms with E-state index in [9.17, 15) is 9.59 Å². The van der Waals surface area contributed by atoms with Crippen LogP contribution in [0.3, 0.4) is 0 Å². The summed E-state index contributed by atoms with van der Waals surface area (Å²) in [5.74, 6) is 0.473. The van der Waals surface area contributed by atoms with Gasteiger partial charge in [-0.3, -0.25) is 14.0 Å². The second-order valence-corrected chi connectivity index (χ2v) is 7.19. The van der Waals surface area contributed by atoms with Gasteiger partial charge in [0.25, 0.3) is 5.91 Å². The van der Waals surface area contributed by atoms with Crippen LogP contribution in [0, 0.1) is 0 Å². The molecule has 1 aliphatic heterocycles. The first kappa shape index (κ1) is 18.7. The van der Waals surface area contributed by atoms with E-state index in [-0.39, 0.29) is 24.3 Å². The molecule has 1 aromatic carbocycles. The number of pyridine rings is 1. The van der Waals surface area contributed by atoms with Crippen molar-refractivity contribution in [3.63, 3.8) is 0 Å². The molecule has 29 heavy (non-hydrogen) atoms. The van der Waals surface area contributed by atoms with Crippen molar-refractivity contribution in [1.82, 2.24) is 19.5 Å². The number of nitrogens with one attached hydrogen (secondary N) is 1. The van der Waals surface area contributed by atoms with E-state index in [1.807, 2.05) is 24.2 Å². The minimum atomic E-state index is -0.162. The number of aromatic nitrogens is 3. The molecule has 0 bridgehead atoms. The summed E-state index contributed by atoms with van der Waals surface area (Å²) in [6.07, 6.45) is 3.63. The van der Waals surface area contributed by atoms with Crippen molar-refractivity contribution in [2.45, 2.75) is 12.5 Å². The Kier molecular flexibility index (Phi) is 4.79. The summed E-state index contributed by atoms with van der Waals surface area (Å²) < 4.78 is 7.58. The Morgan fingerprint density at radius 2 is 2.14 bits per heavy atom. The number of benzene rings is 1. The molecule has 0 saturated heterocycles. The average Bonchev–Trinajstić information content (AvgIpc) is 3.19. The molecular weight excluding hydrogens is 372 g/mol. The molecule has 0 spiro atoms. The highest BCUT2D eigenvalue weighted by molar-refractivity contribution is 5.96. The molecule has 0 saturated carbocycles. The molecule has 2 aromatic heterocycles. The molecule has 2 amide bonds. The molecule has 0 unspecified atom stereocenters. The smallest absolute Gasteiger partial charge is 0.253 e. The Labute approximate surface area is 167 Å². The summed E-state index contributed by atoms with van der Waals surface area (Å²) in [5, 5.41) is 10.8. The van der Waals surface area contributed by atoms with Gasteiger partial charge in [-0.1, -0.05) is 0 Å². The molecule has 1 atom stereocenters. The maximum absolute atomic E-state index is 12.7. The van der Waals surface area contributed by atoms with Crippen LogP contribution in [0.15, 0.2) is 42.9 Å². The third-order valence-corrected chi connectivity index (χ3v) is 4.99. The van der Waals surface area contributed by atoms with Gasteiger partial charge >= 0.3 is 0 Å². The van der Waals surface area contributed by atoms with Gasteiger partial charge < -0.3 is 19.9 Å². The highest BCUT2D eigenvalue weighted by atomic mass is 16.5. The van der Waals surface area contributed by atoms with Crippen molar-refractivity contribution in [2.24, 2.45) is 0 Å². The lowest BCUT2D eigenvalue weighted by molar-refractivity contribution is -0.116. The van der Waals surface area contributed by atoms with E-state index < -0.39 is 0 Å². The quantitative estimate of drug-likeness (QED) is 0.724. The summed E-state index contributed by atoms with van der Waals surface area (Å²) in [6.45, 7) is 0.382. The summed E-state index contributed by atoms with van der Waals surface area (Å²) in [7, 11) is 5.33. The zero-order valence-electron chi connectivity index (χ0n) is 16.5. The zero-order chi connectivity index (χ0) is 20.5. The third kappa shape index (κ3) is 3.58. The molecule has 150 valence electrons. The molecule has 4 rings (SSSR count). The second kappa shape index (κ2) is 7.42. The standard InChI is InChI=1S/C20H22N6O3/c1-24(2)20(28)13-6-7-17-16(9-13)25(3)14(11-29-17)10-18(27)22-15-5-4-8-26-12-21-23-19(15)26/h4-9,12,14H,10-11H2,1-3H3,(H,22,27)/t14-/m1/s1. The predicted octanol–water partition coefficient (Wildman–Crippen LogP) is 1.66. The molecule has 1 N–H and O–H groups in total. The van der Waals surface area contributed by atoms with E-state index in [1.54, 1.807) is 49.1 Å². The fourth-order valence-electron chi connectivity index (χ4n) is 3.36. The molecule has 9 heteroatoms. The molecule has 3 heterocycles. The van der Waals surface area contributed by atoms with E-state index in [1.165, 1.54) is 4.90 Å². The van der Waals surface area contributed by atoms with Crippen LogP contribution >= 0.6 is 0 Å². The highest BCUT2D eigenvalue weighted by Gasteiger charge is 2.28. The van der Waals surface area contributed by atoms with Gasteiger partial charge in [0.2, 0.25) is 5.91 Å². The lowest BCUT2D eigenvalue weighted by atomic mass is 10.1. The number of anilines is 2. The van der Waals surface area contributed by atoms with Gasteiger partial charge in [-0.2, -0.15) is 0 Å². The summed E-state index contributed by atoms with van der Waals surface area (Å²) in [6, 6.07) is 8.80. The van der Waals surface area contributed by atoms with Crippen LogP contribution in [-0.2, 0) is 4.79 Å². The molecule has 1 aliphatic rings. The van der Waals surface area contributed by atoms with Crippen LogP contribution in [0.4, 0.5) is 11.4 Å². The predicted molar refractivity (Wildman–Crippen MR) is 108 cm³/mol. The highest BCUT2D eigenvalue weighted by Crippen LogP contribution is 2.34. The number of rotatable bonds is 4. The number of hydrogen-bond acceptors (Lipinski definition) is 6. The van der Waals surface area contributed by atoms with Crippen LogP contribution in [0.1, 0.15) is 16.8 Å². The van der Waals surface area contributed by atoms with Crippen LogP contribution < -0.4 is 15.0 Å². The summed E-state index contributed by atoms with van der Waals surface area (Å²) in [5.41, 5.74) is 2.56. The lowest BCUT2D eigenvalue weighted by Gasteiger charge is -2.35. The maximum Gasteiger partial charge on any atom is 0.253 e. The largest absolute Gasteiger partial charge is 0.489 e. The van der Waals surface area contributed by atoms with Gasteiger partial charge in [0.05, 0.1) is 23.8 Å². The molecule has 0 fully saturated rings. The SMILES string of the molecule is CN(C)C(=O)c1ccc2c(c1)N(C)[C@H](CC(=O)Nc1cccn3cnnc13)CO2. The summed E-state index contributed by atoms with van der Waals surface area (Å²) >= 11 is 0. The third-order valence-electron chi connectivity index (χ3n) is 4.99. The monoisotopic (exact) mass is 394 g/mol. The van der Waals surface area contributed by atoms with Gasteiger partial charge in [-0.15, -0.1) is 10.2 Å². The van der Waals surface area contributed by atoms with Crippen molar-refractivity contribution in [3.8, 4) is 5.75 Å². The fourth-order valence-corrected chi connectivity index (χ4v) is 3.36. The van der Waals surface area contributed by atoms with Gasteiger partial charge in [0.1, 0.15) is 18.7 Å². The van der Waals surface area contributed by atoms with Crippen molar-refractivity contribution in [2.75, 3.05) is 38.0 Å². The topological polar surface area (TPSA) is 92.1 Å². The first-order valence-corrected chi connectivity index (χ1v) is 9.23. The van der Waals surface area contributed by atoms with Crippen molar-refractivity contribution in [1.29, 1.82) is 0 Å². The van der Waals surface area contributed by atoms with Gasteiger partial charge in [-0.05, 0) is 30.3 Å². The number of hydrogen-bond donors (Lipinski definition) is 1. The van der Waals surface area contributed by atoms with E-state index in [2.05, 4.69) is 15.5 Å². The minimum absolute atomic E-state index is 0.0810. The van der Waals surface area contributed by atoms with E-state index in [4.69, 9.17) is 4.74 Å². The van der Waals surface area contributed by atoms with Gasteiger partial charge in [0, 0.05) is 32.9 Å². The molecule has 0 radical (unpaired) electrons. The molecule has 0 aliphatic carbocycles. The Morgan fingerprint density at radius 1 is 1.31 bits per heavy atom. The molecule has 3 aromatic rings. The van der Waals surface area contributed by atoms with E-state index in [0.29, 0.717) is 29.3 Å². The first-order chi connectivity index (χ1) is 13.9. The van der Waals surface area contributed by atoms with Crippen molar-refractivity contribution >= 4 is 28.8 Å². The van der Waals surface area contributed by atoms with Crippen LogP contribution in [-0.4, -0.2) is 65.1 Å². The Morgan fingerprint density at radius 3 is 2.93 bits per heavy atom. The maximum atomic E-state index is 12.7. The number of carbonyl (C=O) groups is 2. The fraction of sp³-hybridized carbons (Fsp3) is 0.300.